The average Bonchev–Trinajstić information content (AvgIpc) is 3.17. The van der Waals surface area contributed by atoms with Gasteiger partial charge in [-0.3, -0.25) is 4.79 Å². The Labute approximate surface area is 195 Å². The number of aromatic carboxylic acids is 1. The molecule has 8 heteroatoms. The summed E-state index contributed by atoms with van der Waals surface area (Å²) >= 11 is 1.36. The smallest absolute Gasteiger partial charge is 0.335 e. The van der Waals surface area contributed by atoms with Crippen molar-refractivity contribution in [2.24, 2.45) is 5.10 Å². The van der Waals surface area contributed by atoms with Gasteiger partial charge in [-0.1, -0.05) is 65.9 Å². The summed E-state index contributed by atoms with van der Waals surface area (Å²) in [5.41, 5.74) is 7.66. The largest absolute Gasteiger partial charge is 0.478 e. The second-order valence-corrected chi connectivity index (χ2v) is 8.41. The number of hydrazone groups is 1. The Hall–Kier alpha value is -3.91. The normalized spacial score (nSPS) is 11.2. The minimum atomic E-state index is -0.989. The van der Waals surface area contributed by atoms with E-state index in [4.69, 9.17) is 10.1 Å². The molecule has 0 saturated heterocycles. The molecule has 0 bridgehead atoms. The van der Waals surface area contributed by atoms with Crippen molar-refractivity contribution in [1.29, 1.82) is 0 Å². The molecular weight excluding hydrogens is 436 g/mol. The van der Waals surface area contributed by atoms with Gasteiger partial charge in [0, 0.05) is 0 Å². The highest BCUT2D eigenvalue weighted by Gasteiger charge is 2.13. The lowest BCUT2D eigenvalue weighted by atomic mass is 10.1. The van der Waals surface area contributed by atoms with Crippen LogP contribution in [0.4, 0.5) is 0 Å². The van der Waals surface area contributed by atoms with Crippen LogP contribution in [0, 0.1) is 6.92 Å². The fraction of sp³-hybridized carbons (Fsp3) is 0.120. The molecule has 33 heavy (non-hydrogen) atoms. The number of rotatable bonds is 8. The van der Waals surface area contributed by atoms with E-state index in [-0.39, 0.29) is 17.2 Å². The highest BCUT2D eigenvalue weighted by molar-refractivity contribution is 7.99. The molecule has 0 unspecified atom stereocenters. The Morgan fingerprint density at radius 1 is 1.06 bits per heavy atom. The SMILES string of the molecule is Cc1ccc(Cn2c(SCC(=O)N/N=C\c3ccc(C(=O)O)cc3)nc3ccccc32)cc1. The Bertz CT molecular complexity index is 1310. The molecule has 0 spiro atoms. The van der Waals surface area contributed by atoms with E-state index in [1.54, 1.807) is 12.1 Å². The number of carbonyl (C=O) groups is 2. The Morgan fingerprint density at radius 3 is 2.52 bits per heavy atom. The molecule has 166 valence electrons. The molecule has 0 atom stereocenters. The van der Waals surface area contributed by atoms with Crippen molar-refractivity contribution < 1.29 is 14.7 Å². The molecule has 4 rings (SSSR count). The van der Waals surface area contributed by atoms with E-state index in [0.717, 1.165) is 21.8 Å². The van der Waals surface area contributed by atoms with Gasteiger partial charge in [0.2, 0.25) is 0 Å². The molecule has 1 aromatic heterocycles. The minimum Gasteiger partial charge on any atom is -0.478 e. The maximum atomic E-state index is 12.3. The molecule has 2 N–H and O–H groups in total. The first kappa shape index (κ1) is 22.3. The van der Waals surface area contributed by atoms with Gasteiger partial charge < -0.3 is 9.67 Å². The third kappa shape index (κ3) is 5.67. The summed E-state index contributed by atoms with van der Waals surface area (Å²) in [5, 5.41) is 13.7. The summed E-state index contributed by atoms with van der Waals surface area (Å²) in [7, 11) is 0. The van der Waals surface area contributed by atoms with Gasteiger partial charge in [0.05, 0.1) is 35.1 Å². The number of para-hydroxylation sites is 2. The zero-order chi connectivity index (χ0) is 23.2. The summed E-state index contributed by atoms with van der Waals surface area (Å²) in [6, 6.07) is 22.5. The van der Waals surface area contributed by atoms with Gasteiger partial charge in [-0.2, -0.15) is 5.10 Å². The number of imidazole rings is 1. The van der Waals surface area contributed by atoms with Crippen molar-refractivity contribution >= 4 is 40.9 Å². The monoisotopic (exact) mass is 458 g/mol. The van der Waals surface area contributed by atoms with Crippen LogP contribution in [-0.2, 0) is 11.3 Å². The number of hydrogen-bond acceptors (Lipinski definition) is 5. The van der Waals surface area contributed by atoms with E-state index >= 15 is 0 Å². The summed E-state index contributed by atoms with van der Waals surface area (Å²) in [4.78, 5) is 27.9. The fourth-order valence-electron chi connectivity index (χ4n) is 3.25. The van der Waals surface area contributed by atoms with Crippen LogP contribution in [0.5, 0.6) is 0 Å². The van der Waals surface area contributed by atoms with Crippen LogP contribution in [0.1, 0.15) is 27.0 Å². The number of carboxylic acid groups (broad SMARTS) is 1. The Balaban J connectivity index is 1.41. The first-order valence-corrected chi connectivity index (χ1v) is 11.3. The van der Waals surface area contributed by atoms with Crippen LogP contribution in [0.3, 0.4) is 0 Å². The summed E-state index contributed by atoms with van der Waals surface area (Å²) in [6.07, 6.45) is 1.47. The molecule has 7 nitrogen and oxygen atoms in total. The summed E-state index contributed by atoms with van der Waals surface area (Å²) in [5.74, 6) is -1.09. The highest BCUT2D eigenvalue weighted by atomic mass is 32.2. The molecule has 0 aliphatic heterocycles. The molecule has 0 fully saturated rings. The van der Waals surface area contributed by atoms with Crippen LogP contribution >= 0.6 is 11.8 Å². The van der Waals surface area contributed by atoms with Crippen molar-refractivity contribution in [3.05, 3.63) is 95.1 Å². The zero-order valence-corrected chi connectivity index (χ0v) is 18.7. The first-order chi connectivity index (χ1) is 16.0. The maximum absolute atomic E-state index is 12.3. The van der Waals surface area contributed by atoms with E-state index < -0.39 is 5.97 Å². The Kier molecular flexibility index (Phi) is 6.85. The lowest BCUT2D eigenvalue weighted by molar-refractivity contribution is -0.118. The topological polar surface area (TPSA) is 96.6 Å². The lowest BCUT2D eigenvalue weighted by Crippen LogP contribution is -2.20. The Morgan fingerprint density at radius 2 is 1.79 bits per heavy atom. The number of carbonyl (C=O) groups excluding carboxylic acids is 1. The van der Waals surface area contributed by atoms with Crippen LogP contribution in [0.25, 0.3) is 11.0 Å². The van der Waals surface area contributed by atoms with Crippen molar-refractivity contribution in [3.8, 4) is 0 Å². The third-order valence-corrected chi connectivity index (χ3v) is 5.95. The van der Waals surface area contributed by atoms with Gasteiger partial charge in [0.15, 0.2) is 5.16 Å². The van der Waals surface area contributed by atoms with Gasteiger partial charge in [-0.05, 0) is 42.3 Å². The zero-order valence-electron chi connectivity index (χ0n) is 17.9. The van der Waals surface area contributed by atoms with Crippen LogP contribution in [-0.4, -0.2) is 38.5 Å². The van der Waals surface area contributed by atoms with E-state index in [1.165, 1.54) is 35.7 Å². The number of fused-ring (bicyclic) bond motifs is 1. The van der Waals surface area contributed by atoms with Gasteiger partial charge >= 0.3 is 5.97 Å². The number of carboxylic acids is 1. The maximum Gasteiger partial charge on any atom is 0.335 e. The number of aryl methyl sites for hydroxylation is 1. The average molecular weight is 459 g/mol. The molecule has 1 amide bonds. The number of thioether (sulfide) groups is 1. The van der Waals surface area contributed by atoms with Crippen molar-refractivity contribution in [2.45, 2.75) is 18.6 Å². The number of benzene rings is 3. The highest BCUT2D eigenvalue weighted by Crippen LogP contribution is 2.25. The van der Waals surface area contributed by atoms with Gasteiger partial charge in [0.25, 0.3) is 5.91 Å². The third-order valence-electron chi connectivity index (χ3n) is 4.97. The van der Waals surface area contributed by atoms with E-state index in [2.05, 4.69) is 46.3 Å². The quantitative estimate of drug-likeness (QED) is 0.233. The second kappa shape index (κ2) is 10.1. The van der Waals surface area contributed by atoms with Crippen LogP contribution in [0.15, 0.2) is 83.1 Å². The first-order valence-electron chi connectivity index (χ1n) is 10.3. The molecule has 1 heterocycles. The fourth-order valence-corrected chi connectivity index (χ4v) is 4.05. The number of nitrogens with zero attached hydrogens (tertiary/aromatic N) is 3. The molecule has 0 aliphatic carbocycles. The van der Waals surface area contributed by atoms with Gasteiger partial charge in [0.1, 0.15) is 0 Å². The molecular formula is C25H22N4O3S. The second-order valence-electron chi connectivity index (χ2n) is 7.46. The number of hydrogen-bond donors (Lipinski definition) is 2. The molecule has 3 aromatic carbocycles. The van der Waals surface area contributed by atoms with Crippen LogP contribution < -0.4 is 5.43 Å². The predicted molar refractivity (Wildman–Crippen MR) is 130 cm³/mol. The van der Waals surface area contributed by atoms with E-state index in [1.807, 2.05) is 24.3 Å². The summed E-state index contributed by atoms with van der Waals surface area (Å²) < 4.78 is 2.12. The molecule has 0 aliphatic rings. The molecule has 0 saturated carbocycles. The molecule has 0 radical (unpaired) electrons. The number of aromatic nitrogens is 2. The van der Waals surface area contributed by atoms with E-state index in [9.17, 15) is 9.59 Å². The van der Waals surface area contributed by atoms with E-state index in [0.29, 0.717) is 12.1 Å². The van der Waals surface area contributed by atoms with Gasteiger partial charge in [-0.15, -0.1) is 0 Å². The van der Waals surface area contributed by atoms with Crippen molar-refractivity contribution in [3.63, 3.8) is 0 Å². The van der Waals surface area contributed by atoms with Gasteiger partial charge in [-0.25, -0.2) is 15.2 Å². The standard InChI is InChI=1S/C25H22N4O3S/c1-17-6-8-19(9-7-17)15-29-22-5-3-2-4-21(22)27-25(29)33-16-23(30)28-26-14-18-10-12-20(13-11-18)24(31)32/h2-14H,15-16H2,1H3,(H,28,30)(H,31,32)/b26-14-. The predicted octanol–water partition coefficient (Wildman–Crippen LogP) is 4.33. The van der Waals surface area contributed by atoms with Crippen molar-refractivity contribution in [1.82, 2.24) is 15.0 Å². The number of nitrogens with one attached hydrogen (secondary N) is 1. The van der Waals surface area contributed by atoms with Crippen molar-refractivity contribution in [2.75, 3.05) is 5.75 Å². The lowest BCUT2D eigenvalue weighted by Gasteiger charge is -2.09. The minimum absolute atomic E-state index is 0.159. The summed E-state index contributed by atoms with van der Waals surface area (Å²) in [6.45, 7) is 2.72. The van der Waals surface area contributed by atoms with Crippen LogP contribution in [0.2, 0.25) is 0 Å². The number of amides is 1. The molecule has 4 aromatic rings.